The van der Waals surface area contributed by atoms with Crippen LogP contribution in [-0.2, 0) is 0 Å². The highest BCUT2D eigenvalue weighted by Crippen LogP contribution is 2.12. The van der Waals surface area contributed by atoms with Gasteiger partial charge in [-0.25, -0.2) is 0 Å². The summed E-state index contributed by atoms with van der Waals surface area (Å²) >= 11 is 0. The maximum absolute atomic E-state index is 2.26. The number of benzene rings is 1. The Balaban J connectivity index is 0.00000144. The molecule has 0 bridgehead atoms. The highest BCUT2D eigenvalue weighted by molar-refractivity contribution is 7.47. The average Bonchev–Trinajstić information content (AvgIpc) is 2.14. The van der Waals surface area contributed by atoms with E-state index in [2.05, 4.69) is 37.3 Å². The summed E-state index contributed by atoms with van der Waals surface area (Å²) in [5.41, 5.74) is 0. The molecule has 0 N–H and O–H groups in total. The van der Waals surface area contributed by atoms with Crippen LogP contribution in [0.5, 0.6) is 0 Å². The molecule has 0 heterocycles. The minimum absolute atomic E-state index is 0. The van der Waals surface area contributed by atoms with Crippen molar-refractivity contribution < 1.29 is 0 Å². The highest BCUT2D eigenvalue weighted by atomic mass is 35.5. The fourth-order valence-corrected chi connectivity index (χ4v) is 2.31. The van der Waals surface area contributed by atoms with Gasteiger partial charge in [-0.1, -0.05) is 58.7 Å². The van der Waals surface area contributed by atoms with Gasteiger partial charge in [0, 0.05) is 0 Å². The lowest BCUT2D eigenvalue weighted by Crippen LogP contribution is -1.93. The first-order valence-corrected chi connectivity index (χ1v) is 5.93. The predicted molar refractivity (Wildman–Crippen MR) is 66.0 cm³/mol. The third kappa shape index (κ3) is 6.07. The monoisotopic (exact) mass is 216 g/mol. The van der Waals surface area contributed by atoms with Gasteiger partial charge in [0.15, 0.2) is 0 Å². The number of rotatable bonds is 5. The van der Waals surface area contributed by atoms with Crippen LogP contribution in [0.4, 0.5) is 0 Å². The molecular formula is C11H18ClP. The zero-order chi connectivity index (χ0) is 8.65. The Morgan fingerprint density at radius 1 is 1.08 bits per heavy atom. The normalized spacial score (nSPS) is 10.2. The van der Waals surface area contributed by atoms with Crippen LogP contribution in [0.2, 0.25) is 0 Å². The molecule has 74 valence electrons. The van der Waals surface area contributed by atoms with Crippen LogP contribution in [0.3, 0.4) is 0 Å². The Morgan fingerprint density at radius 2 is 1.77 bits per heavy atom. The molecule has 1 unspecified atom stereocenters. The van der Waals surface area contributed by atoms with Gasteiger partial charge in [0.2, 0.25) is 0 Å². The zero-order valence-electron chi connectivity index (χ0n) is 8.12. The first kappa shape index (κ1) is 12.9. The molecule has 0 aliphatic rings. The third-order valence-corrected chi connectivity index (χ3v) is 3.23. The summed E-state index contributed by atoms with van der Waals surface area (Å²) in [7, 11) is 1.01. The molecule has 0 aliphatic carbocycles. The Bertz CT molecular complexity index is 199. The van der Waals surface area contributed by atoms with E-state index in [0.717, 1.165) is 8.58 Å². The van der Waals surface area contributed by atoms with E-state index >= 15 is 0 Å². The molecule has 0 fully saturated rings. The Kier molecular flexibility index (Phi) is 8.49. The summed E-state index contributed by atoms with van der Waals surface area (Å²) in [5, 5.41) is 1.51. The SMILES string of the molecule is CCCCCPc1ccccc1.Cl. The Morgan fingerprint density at radius 3 is 2.38 bits per heavy atom. The number of hydrogen-bond donors (Lipinski definition) is 0. The lowest BCUT2D eigenvalue weighted by molar-refractivity contribution is 0.778. The quantitative estimate of drug-likeness (QED) is 0.521. The van der Waals surface area contributed by atoms with Crippen molar-refractivity contribution >= 4 is 26.3 Å². The van der Waals surface area contributed by atoms with Gasteiger partial charge in [-0.3, -0.25) is 0 Å². The molecule has 2 heteroatoms. The minimum atomic E-state index is 0. The van der Waals surface area contributed by atoms with Crippen molar-refractivity contribution in [3.63, 3.8) is 0 Å². The fraction of sp³-hybridized carbons (Fsp3) is 0.455. The fourth-order valence-electron chi connectivity index (χ4n) is 1.16. The van der Waals surface area contributed by atoms with E-state index in [1.165, 1.54) is 30.7 Å². The van der Waals surface area contributed by atoms with Crippen LogP contribution in [0.1, 0.15) is 26.2 Å². The molecular weight excluding hydrogens is 199 g/mol. The number of hydrogen-bond acceptors (Lipinski definition) is 0. The summed E-state index contributed by atoms with van der Waals surface area (Å²) in [6.07, 6.45) is 5.49. The Hall–Kier alpha value is -0.0600. The van der Waals surface area contributed by atoms with E-state index in [1.807, 2.05) is 0 Å². The molecule has 0 saturated carbocycles. The summed E-state index contributed by atoms with van der Waals surface area (Å²) in [6.45, 7) is 2.26. The van der Waals surface area contributed by atoms with Crippen LogP contribution in [0.25, 0.3) is 0 Å². The highest BCUT2D eigenvalue weighted by Gasteiger charge is 1.90. The summed E-state index contributed by atoms with van der Waals surface area (Å²) in [4.78, 5) is 0. The first-order valence-electron chi connectivity index (χ1n) is 4.72. The Labute approximate surface area is 89.3 Å². The molecule has 0 spiro atoms. The summed E-state index contributed by atoms with van der Waals surface area (Å²) < 4.78 is 0. The molecule has 1 atom stereocenters. The number of unbranched alkanes of at least 4 members (excludes halogenated alkanes) is 2. The molecule has 0 saturated heterocycles. The van der Waals surface area contributed by atoms with Crippen LogP contribution in [-0.4, -0.2) is 6.16 Å². The second kappa shape index (κ2) is 8.53. The molecule has 0 nitrogen and oxygen atoms in total. The van der Waals surface area contributed by atoms with Gasteiger partial charge in [0.1, 0.15) is 0 Å². The van der Waals surface area contributed by atoms with Gasteiger partial charge in [0.05, 0.1) is 0 Å². The van der Waals surface area contributed by atoms with Crippen LogP contribution in [0.15, 0.2) is 30.3 Å². The smallest absolute Gasteiger partial charge is 0.0271 e. The summed E-state index contributed by atoms with van der Waals surface area (Å²) in [5.74, 6) is 0. The molecule has 0 radical (unpaired) electrons. The molecule has 0 amide bonds. The lowest BCUT2D eigenvalue weighted by atomic mass is 10.3. The minimum Gasteiger partial charge on any atom is -0.147 e. The topological polar surface area (TPSA) is 0 Å². The molecule has 1 aromatic carbocycles. The maximum Gasteiger partial charge on any atom is -0.0271 e. The van der Waals surface area contributed by atoms with Crippen molar-refractivity contribution in [2.75, 3.05) is 6.16 Å². The predicted octanol–water partition coefficient (Wildman–Crippen LogP) is 3.60. The molecule has 1 aromatic rings. The van der Waals surface area contributed by atoms with Gasteiger partial charge in [-0.15, -0.1) is 12.4 Å². The molecule has 1 rings (SSSR count). The van der Waals surface area contributed by atoms with Crippen molar-refractivity contribution in [3.05, 3.63) is 30.3 Å². The standard InChI is InChI=1S/C11H17P.ClH/c1-2-3-7-10-12-11-8-5-4-6-9-11;/h4-6,8-9,12H,2-3,7,10H2,1H3;1H. The molecule has 0 aliphatic heterocycles. The second-order valence-corrected chi connectivity index (χ2v) is 4.43. The van der Waals surface area contributed by atoms with E-state index in [-0.39, 0.29) is 12.4 Å². The van der Waals surface area contributed by atoms with Crippen molar-refractivity contribution in [1.29, 1.82) is 0 Å². The van der Waals surface area contributed by atoms with E-state index in [1.54, 1.807) is 0 Å². The van der Waals surface area contributed by atoms with E-state index in [4.69, 9.17) is 0 Å². The zero-order valence-corrected chi connectivity index (χ0v) is 9.94. The van der Waals surface area contributed by atoms with Crippen molar-refractivity contribution in [1.82, 2.24) is 0 Å². The van der Waals surface area contributed by atoms with Crippen LogP contribution in [0, 0.1) is 0 Å². The maximum atomic E-state index is 2.26. The van der Waals surface area contributed by atoms with Gasteiger partial charge < -0.3 is 0 Å². The molecule has 13 heavy (non-hydrogen) atoms. The largest absolute Gasteiger partial charge is 0.147 e. The van der Waals surface area contributed by atoms with Gasteiger partial charge in [-0.05, 0) is 17.9 Å². The van der Waals surface area contributed by atoms with Crippen molar-refractivity contribution in [2.45, 2.75) is 26.2 Å². The summed E-state index contributed by atoms with van der Waals surface area (Å²) in [6, 6.07) is 10.8. The van der Waals surface area contributed by atoms with E-state index in [0.29, 0.717) is 0 Å². The van der Waals surface area contributed by atoms with E-state index < -0.39 is 0 Å². The van der Waals surface area contributed by atoms with Crippen LogP contribution < -0.4 is 5.30 Å². The lowest BCUT2D eigenvalue weighted by Gasteiger charge is -1.99. The third-order valence-electron chi connectivity index (χ3n) is 1.88. The van der Waals surface area contributed by atoms with E-state index in [9.17, 15) is 0 Å². The van der Waals surface area contributed by atoms with Crippen molar-refractivity contribution in [2.24, 2.45) is 0 Å². The second-order valence-electron chi connectivity index (χ2n) is 3.00. The first-order chi connectivity index (χ1) is 5.93. The van der Waals surface area contributed by atoms with Crippen LogP contribution >= 0.6 is 21.0 Å². The number of halogens is 1. The average molecular weight is 217 g/mol. The van der Waals surface area contributed by atoms with Crippen molar-refractivity contribution in [3.8, 4) is 0 Å². The van der Waals surface area contributed by atoms with Gasteiger partial charge in [-0.2, -0.15) is 0 Å². The van der Waals surface area contributed by atoms with Gasteiger partial charge in [0.25, 0.3) is 0 Å². The molecule has 0 aromatic heterocycles. The van der Waals surface area contributed by atoms with Gasteiger partial charge >= 0.3 is 0 Å².